The van der Waals surface area contributed by atoms with Gasteiger partial charge in [-0.3, -0.25) is 4.90 Å². The third-order valence-corrected chi connectivity index (χ3v) is 4.38. The fourth-order valence-corrected chi connectivity index (χ4v) is 3.36. The van der Waals surface area contributed by atoms with Crippen molar-refractivity contribution in [3.05, 3.63) is 35.9 Å². The van der Waals surface area contributed by atoms with E-state index >= 15 is 0 Å². The van der Waals surface area contributed by atoms with Crippen molar-refractivity contribution in [1.82, 2.24) is 4.90 Å². The van der Waals surface area contributed by atoms with Crippen molar-refractivity contribution in [1.29, 1.82) is 0 Å². The molecule has 3 rings (SSSR count). The van der Waals surface area contributed by atoms with Crippen LogP contribution in [0.5, 0.6) is 0 Å². The molecule has 0 amide bonds. The van der Waals surface area contributed by atoms with E-state index in [4.69, 9.17) is 4.74 Å². The highest BCUT2D eigenvalue weighted by molar-refractivity contribution is 5.15. The molecule has 2 nitrogen and oxygen atoms in total. The van der Waals surface area contributed by atoms with Crippen LogP contribution in [0, 0.1) is 0 Å². The second-order valence-electron chi connectivity index (χ2n) is 5.35. The van der Waals surface area contributed by atoms with Crippen LogP contribution in [0.3, 0.4) is 0 Å². The molecule has 0 saturated carbocycles. The predicted molar refractivity (Wildman–Crippen MR) is 68.9 cm³/mol. The smallest absolute Gasteiger partial charge is 0.0483 e. The zero-order chi connectivity index (χ0) is 11.6. The molecular weight excluding hydrogens is 210 g/mol. The standard InChI is InChI=1S/C15H21NO/c1-2-5-14(6-3-1)13-16-10-4-7-15(16)8-11-17-12-9-15/h1-3,5-6H,4,7-13H2. The van der Waals surface area contributed by atoms with Crippen LogP contribution in [-0.4, -0.2) is 30.2 Å². The Morgan fingerprint density at radius 1 is 1.06 bits per heavy atom. The van der Waals surface area contributed by atoms with Crippen LogP contribution >= 0.6 is 0 Å². The highest BCUT2D eigenvalue weighted by atomic mass is 16.5. The minimum atomic E-state index is 0.452. The van der Waals surface area contributed by atoms with Crippen molar-refractivity contribution >= 4 is 0 Å². The molecule has 0 unspecified atom stereocenters. The first-order valence-electron chi connectivity index (χ1n) is 6.76. The number of nitrogens with zero attached hydrogens (tertiary/aromatic N) is 1. The topological polar surface area (TPSA) is 12.5 Å². The third-order valence-electron chi connectivity index (χ3n) is 4.38. The third kappa shape index (κ3) is 2.24. The number of likely N-dealkylation sites (tertiary alicyclic amines) is 1. The first-order valence-corrected chi connectivity index (χ1v) is 6.76. The maximum atomic E-state index is 5.53. The Hall–Kier alpha value is -0.860. The van der Waals surface area contributed by atoms with Gasteiger partial charge in [0.15, 0.2) is 0 Å². The van der Waals surface area contributed by atoms with Crippen LogP contribution in [0.25, 0.3) is 0 Å². The predicted octanol–water partition coefficient (Wildman–Crippen LogP) is 2.83. The van der Waals surface area contributed by atoms with Crippen LogP contribution in [0.1, 0.15) is 31.2 Å². The summed E-state index contributed by atoms with van der Waals surface area (Å²) >= 11 is 0. The number of hydrogen-bond donors (Lipinski definition) is 0. The number of ether oxygens (including phenoxy) is 1. The van der Waals surface area contributed by atoms with Crippen molar-refractivity contribution in [2.24, 2.45) is 0 Å². The SMILES string of the molecule is c1ccc(CN2CCCC23CCOCC3)cc1. The molecule has 17 heavy (non-hydrogen) atoms. The van der Waals surface area contributed by atoms with Gasteiger partial charge in [0.05, 0.1) is 0 Å². The summed E-state index contributed by atoms with van der Waals surface area (Å²) in [4.78, 5) is 2.70. The van der Waals surface area contributed by atoms with Gasteiger partial charge in [-0.15, -0.1) is 0 Å². The van der Waals surface area contributed by atoms with E-state index in [1.165, 1.54) is 37.8 Å². The fraction of sp³-hybridized carbons (Fsp3) is 0.600. The summed E-state index contributed by atoms with van der Waals surface area (Å²) in [5.74, 6) is 0. The molecule has 0 aliphatic carbocycles. The van der Waals surface area contributed by atoms with E-state index in [-0.39, 0.29) is 0 Å². The summed E-state index contributed by atoms with van der Waals surface area (Å²) in [6.45, 7) is 4.27. The van der Waals surface area contributed by atoms with Gasteiger partial charge in [-0.25, -0.2) is 0 Å². The summed E-state index contributed by atoms with van der Waals surface area (Å²) in [5.41, 5.74) is 1.90. The van der Waals surface area contributed by atoms with Crippen molar-refractivity contribution < 1.29 is 4.74 Å². The molecule has 2 fully saturated rings. The van der Waals surface area contributed by atoms with Gasteiger partial charge in [-0.2, -0.15) is 0 Å². The van der Waals surface area contributed by atoms with Gasteiger partial charge < -0.3 is 4.74 Å². The Kier molecular flexibility index (Phi) is 3.17. The highest BCUT2D eigenvalue weighted by Crippen LogP contribution is 2.38. The molecule has 2 aliphatic heterocycles. The molecule has 2 heteroatoms. The molecule has 2 heterocycles. The maximum Gasteiger partial charge on any atom is 0.0483 e. The minimum absolute atomic E-state index is 0.452. The number of benzene rings is 1. The van der Waals surface area contributed by atoms with E-state index in [1.54, 1.807) is 0 Å². The highest BCUT2D eigenvalue weighted by Gasteiger charge is 2.41. The Bertz CT molecular complexity index is 356. The van der Waals surface area contributed by atoms with Gasteiger partial charge in [0.2, 0.25) is 0 Å². The van der Waals surface area contributed by atoms with Gasteiger partial charge in [0.25, 0.3) is 0 Å². The van der Waals surface area contributed by atoms with Gasteiger partial charge in [-0.05, 0) is 37.8 Å². The Morgan fingerprint density at radius 3 is 2.59 bits per heavy atom. The molecule has 92 valence electrons. The van der Waals surface area contributed by atoms with Crippen molar-refractivity contribution in [3.63, 3.8) is 0 Å². The lowest BCUT2D eigenvalue weighted by molar-refractivity contribution is -0.0113. The van der Waals surface area contributed by atoms with Crippen LogP contribution in [-0.2, 0) is 11.3 Å². The van der Waals surface area contributed by atoms with E-state index < -0.39 is 0 Å². The van der Waals surface area contributed by atoms with Crippen molar-refractivity contribution in [2.75, 3.05) is 19.8 Å². The molecule has 0 aromatic heterocycles. The maximum absolute atomic E-state index is 5.53. The number of hydrogen-bond acceptors (Lipinski definition) is 2. The number of rotatable bonds is 2. The molecule has 1 spiro atoms. The first kappa shape index (κ1) is 11.2. The van der Waals surface area contributed by atoms with E-state index in [1.807, 2.05) is 0 Å². The molecule has 1 aromatic rings. The summed E-state index contributed by atoms with van der Waals surface area (Å²) in [5, 5.41) is 0. The lowest BCUT2D eigenvalue weighted by atomic mass is 9.87. The van der Waals surface area contributed by atoms with E-state index in [0.29, 0.717) is 5.54 Å². The lowest BCUT2D eigenvalue weighted by Gasteiger charge is -2.41. The largest absolute Gasteiger partial charge is 0.381 e. The quantitative estimate of drug-likeness (QED) is 0.776. The van der Waals surface area contributed by atoms with Gasteiger partial charge in [0.1, 0.15) is 0 Å². The summed E-state index contributed by atoms with van der Waals surface area (Å²) in [6.07, 6.45) is 5.16. The molecule has 1 aromatic carbocycles. The van der Waals surface area contributed by atoms with E-state index in [0.717, 1.165) is 19.8 Å². The fourth-order valence-electron chi connectivity index (χ4n) is 3.36. The monoisotopic (exact) mass is 231 g/mol. The van der Waals surface area contributed by atoms with Crippen LogP contribution in [0.15, 0.2) is 30.3 Å². The summed E-state index contributed by atoms with van der Waals surface area (Å²) in [7, 11) is 0. The minimum Gasteiger partial charge on any atom is -0.381 e. The van der Waals surface area contributed by atoms with Crippen LogP contribution in [0.4, 0.5) is 0 Å². The Labute approximate surface area is 104 Å². The zero-order valence-electron chi connectivity index (χ0n) is 10.4. The second-order valence-corrected chi connectivity index (χ2v) is 5.35. The van der Waals surface area contributed by atoms with E-state index in [2.05, 4.69) is 35.2 Å². The molecule has 2 aliphatic rings. The average molecular weight is 231 g/mol. The van der Waals surface area contributed by atoms with Gasteiger partial charge in [-0.1, -0.05) is 30.3 Å². The van der Waals surface area contributed by atoms with Crippen LogP contribution in [0.2, 0.25) is 0 Å². The Morgan fingerprint density at radius 2 is 1.82 bits per heavy atom. The molecule has 0 radical (unpaired) electrons. The van der Waals surface area contributed by atoms with E-state index in [9.17, 15) is 0 Å². The van der Waals surface area contributed by atoms with Gasteiger partial charge >= 0.3 is 0 Å². The summed E-state index contributed by atoms with van der Waals surface area (Å²) < 4.78 is 5.53. The second kappa shape index (κ2) is 4.79. The van der Waals surface area contributed by atoms with Gasteiger partial charge in [0, 0.05) is 25.3 Å². The van der Waals surface area contributed by atoms with Crippen LogP contribution < -0.4 is 0 Å². The molecule has 0 atom stereocenters. The zero-order valence-corrected chi connectivity index (χ0v) is 10.4. The average Bonchev–Trinajstić information content (AvgIpc) is 2.74. The summed E-state index contributed by atoms with van der Waals surface area (Å²) in [6, 6.07) is 10.9. The molecule has 0 bridgehead atoms. The molecular formula is C15H21NO. The first-order chi connectivity index (χ1) is 8.39. The normalized spacial score (nSPS) is 24.2. The lowest BCUT2D eigenvalue weighted by Crippen LogP contribution is -2.47. The van der Waals surface area contributed by atoms with Crippen molar-refractivity contribution in [3.8, 4) is 0 Å². The van der Waals surface area contributed by atoms with Crippen molar-refractivity contribution in [2.45, 2.75) is 37.8 Å². The molecule has 2 saturated heterocycles. The Balaban J connectivity index is 1.73. The molecule has 0 N–H and O–H groups in total.